The topological polar surface area (TPSA) is 241 Å². The summed E-state index contributed by atoms with van der Waals surface area (Å²) < 4.78 is 104. The Bertz CT molecular complexity index is 1830. The lowest BCUT2D eigenvalue weighted by Gasteiger charge is -2.44. The molecule has 0 aromatic heterocycles. The highest BCUT2D eigenvalue weighted by Gasteiger charge is 2.44. The molecule has 378 valence electrons. The maximum atomic E-state index is 13.5. The number of urea groups is 2. The Kier molecular flexibility index (Phi) is 24.7. The van der Waals surface area contributed by atoms with Gasteiger partial charge in [-0.1, -0.05) is 70.4 Å². The summed E-state index contributed by atoms with van der Waals surface area (Å²) in [5.74, 6) is 0. The number of nitrogens with one attached hydrogen (secondary N) is 6. The van der Waals surface area contributed by atoms with Crippen molar-refractivity contribution in [3.05, 3.63) is 71.1 Å². The monoisotopic (exact) mass is 966 g/mol. The van der Waals surface area contributed by atoms with Crippen LogP contribution >= 0.6 is 0 Å². The van der Waals surface area contributed by atoms with Crippen molar-refractivity contribution in [1.29, 1.82) is 0 Å². The molecule has 3 rings (SSSR count). The van der Waals surface area contributed by atoms with Gasteiger partial charge in [0.25, 0.3) is 0 Å². The van der Waals surface area contributed by atoms with Crippen LogP contribution < -0.4 is 31.9 Å². The number of hydrogen-bond donors (Lipinski definition) is 10. The van der Waals surface area contributed by atoms with Crippen molar-refractivity contribution in [1.82, 2.24) is 21.3 Å². The van der Waals surface area contributed by atoms with Gasteiger partial charge >= 0.3 is 24.4 Å². The molecule has 67 heavy (non-hydrogen) atoms. The van der Waals surface area contributed by atoms with Crippen LogP contribution in [0.3, 0.4) is 0 Å². The molecule has 2 aromatic carbocycles. The zero-order valence-electron chi connectivity index (χ0n) is 37.5. The maximum absolute atomic E-state index is 13.5. The van der Waals surface area contributed by atoms with Crippen LogP contribution in [0, 0.1) is 0 Å². The lowest BCUT2D eigenvalue weighted by molar-refractivity contribution is -0.242. The number of carbonyl (C=O) groups excluding carboxylic acids is 3. The first-order valence-electron chi connectivity index (χ1n) is 22.0. The van der Waals surface area contributed by atoms with Gasteiger partial charge in [-0.05, 0) is 42.8 Å². The molecule has 23 heteroatoms. The fraction of sp³-hybridized carbons (Fsp3) is 0.614. The van der Waals surface area contributed by atoms with E-state index >= 15 is 0 Å². The molecule has 2 aromatic rings. The highest BCUT2D eigenvalue weighted by atomic mass is 19.4. The van der Waals surface area contributed by atoms with Crippen molar-refractivity contribution in [2.24, 2.45) is 0 Å². The second kappa shape index (κ2) is 29.2. The first-order valence-corrected chi connectivity index (χ1v) is 22.0. The number of methoxy groups -OCH3 is 1. The Morgan fingerprint density at radius 1 is 0.821 bits per heavy atom. The number of ether oxygens (including phenoxy) is 4. The van der Waals surface area contributed by atoms with E-state index in [4.69, 9.17) is 18.9 Å². The smallest absolute Gasteiger partial charge is 0.394 e. The van der Waals surface area contributed by atoms with Crippen molar-refractivity contribution in [2.75, 3.05) is 63.9 Å². The average molecular weight is 967 g/mol. The van der Waals surface area contributed by atoms with Gasteiger partial charge in [-0.15, -0.1) is 0 Å². The molecule has 17 nitrogen and oxygen atoms in total. The highest BCUT2D eigenvalue weighted by molar-refractivity contribution is 5.90. The van der Waals surface area contributed by atoms with Crippen LogP contribution in [0.1, 0.15) is 75.8 Å². The summed E-state index contributed by atoms with van der Waals surface area (Å²) >= 11 is 0. The number of rotatable bonds is 29. The molecule has 4 unspecified atom stereocenters. The van der Waals surface area contributed by atoms with Crippen LogP contribution in [-0.2, 0) is 36.1 Å². The van der Waals surface area contributed by atoms with E-state index in [2.05, 4.69) is 38.8 Å². The third kappa shape index (κ3) is 19.8. The zero-order chi connectivity index (χ0) is 49.4. The molecule has 1 aliphatic rings. The number of unbranched alkanes of at least 4 members (excludes halogenated alkanes) is 8. The molecule has 7 atom stereocenters. The first kappa shape index (κ1) is 56.6. The van der Waals surface area contributed by atoms with E-state index in [0.717, 1.165) is 62.8 Å². The van der Waals surface area contributed by atoms with E-state index in [1.807, 2.05) is 0 Å². The van der Waals surface area contributed by atoms with Gasteiger partial charge in [0, 0.05) is 25.0 Å². The number of hydrogen-bond acceptors (Lipinski definition) is 13. The predicted octanol–water partition coefficient (Wildman–Crippen LogP) is 5.00. The van der Waals surface area contributed by atoms with E-state index in [1.165, 1.54) is 38.5 Å². The molecular formula is C44H64F6N6O11. The van der Waals surface area contributed by atoms with Crippen molar-refractivity contribution in [3.63, 3.8) is 0 Å². The van der Waals surface area contributed by atoms with Gasteiger partial charge in [0.2, 0.25) is 0 Å². The fourth-order valence-corrected chi connectivity index (χ4v) is 7.06. The molecule has 1 fully saturated rings. The summed E-state index contributed by atoms with van der Waals surface area (Å²) in [7, 11) is 1.35. The zero-order valence-corrected chi connectivity index (χ0v) is 37.5. The van der Waals surface area contributed by atoms with Crippen LogP contribution in [0.2, 0.25) is 0 Å². The molecule has 1 aliphatic heterocycles. The molecule has 0 spiro atoms. The van der Waals surface area contributed by atoms with Gasteiger partial charge in [-0.2, -0.15) is 26.3 Å². The summed E-state index contributed by atoms with van der Waals surface area (Å²) in [6.07, 6.45) is -7.08. The SMILES string of the molecule is CCCCCCCCCCCN/C(C=O)=C(/COC)N[C@H]1C(CO)OCC(NC(=O)Nc2cccc(C(F)(F)F)c2)C1O[C@@H](CNC(=O)Nc1cccc(C(F)(F)F)c1)OC(CO)[C@@H](O)CO. The number of aliphatic hydroxyl groups excluding tert-OH is 4. The van der Waals surface area contributed by atoms with Crippen LogP contribution in [0.5, 0.6) is 0 Å². The standard InChI is InChI=1S/C44H64F6N6O11/c1-3-4-5-6-7-8-9-10-11-18-51-32(22-57)33(26-64-2)55-39-37(25-60)65-27-34(56-42(63)54-31-17-13-15-29(20-31)44(48,49)50)40(39)67-38(66-36(24-59)35(61)23-58)21-52-41(62)53-30-16-12-14-28(19-30)43(45,46)47/h12-17,19-20,22,34-40,51,55,58-61H,3-11,18,21,23-27H2,1-2H3,(H2,52,53,62)(H2,54,56,63)/b33-32-/t34?,35-,36?,37?,38-,39-,40?/m0/s1. The Morgan fingerprint density at radius 2 is 1.40 bits per heavy atom. The molecule has 10 N–H and O–H groups in total. The predicted molar refractivity (Wildman–Crippen MR) is 234 cm³/mol. The van der Waals surface area contributed by atoms with E-state index in [9.17, 15) is 61.2 Å². The van der Waals surface area contributed by atoms with Gasteiger partial charge < -0.3 is 71.3 Å². The summed E-state index contributed by atoms with van der Waals surface area (Å²) in [5, 5.41) is 56.5. The van der Waals surface area contributed by atoms with Crippen molar-refractivity contribution in [3.8, 4) is 0 Å². The number of halogens is 6. The van der Waals surface area contributed by atoms with Gasteiger partial charge in [-0.3, -0.25) is 4.79 Å². The normalized spacial score (nSPS) is 19.3. The van der Waals surface area contributed by atoms with Crippen molar-refractivity contribution in [2.45, 2.75) is 120 Å². The van der Waals surface area contributed by atoms with Gasteiger partial charge in [0.15, 0.2) is 12.6 Å². The van der Waals surface area contributed by atoms with Gasteiger partial charge in [0.05, 0.1) is 74.2 Å². The van der Waals surface area contributed by atoms with E-state index in [0.29, 0.717) is 25.0 Å². The minimum atomic E-state index is -4.73. The quantitative estimate of drug-likeness (QED) is 0.0170. The van der Waals surface area contributed by atoms with Crippen molar-refractivity contribution >= 4 is 29.7 Å². The Hall–Kier alpha value is -4.75. The molecule has 0 bridgehead atoms. The third-order valence-electron chi connectivity index (χ3n) is 10.6. The minimum absolute atomic E-state index is 0.0568. The van der Waals surface area contributed by atoms with Gasteiger partial charge in [-0.25, -0.2) is 9.59 Å². The second-order valence-corrected chi connectivity index (χ2v) is 15.8. The third-order valence-corrected chi connectivity index (χ3v) is 10.6. The second-order valence-electron chi connectivity index (χ2n) is 15.8. The summed E-state index contributed by atoms with van der Waals surface area (Å²) in [6, 6.07) is 2.83. The van der Waals surface area contributed by atoms with Crippen LogP contribution in [0.4, 0.5) is 47.3 Å². The number of aliphatic hydroxyl groups is 4. The lowest BCUT2D eigenvalue weighted by atomic mass is 9.94. The minimum Gasteiger partial charge on any atom is -0.394 e. The molecule has 0 aliphatic carbocycles. The van der Waals surface area contributed by atoms with E-state index in [-0.39, 0.29) is 29.4 Å². The Morgan fingerprint density at radius 3 is 1.93 bits per heavy atom. The number of alkyl halides is 6. The molecular weight excluding hydrogens is 903 g/mol. The van der Waals surface area contributed by atoms with E-state index in [1.54, 1.807) is 0 Å². The number of amides is 4. The van der Waals surface area contributed by atoms with Crippen molar-refractivity contribution < 1.29 is 80.1 Å². The van der Waals surface area contributed by atoms with Crippen LogP contribution in [0.25, 0.3) is 0 Å². The molecule has 0 radical (unpaired) electrons. The summed E-state index contributed by atoms with van der Waals surface area (Å²) in [6.45, 7) is -1.31. The van der Waals surface area contributed by atoms with Crippen LogP contribution in [0.15, 0.2) is 59.9 Å². The van der Waals surface area contributed by atoms with Crippen LogP contribution in [-0.4, -0.2) is 135 Å². The fourth-order valence-electron chi connectivity index (χ4n) is 7.06. The lowest BCUT2D eigenvalue weighted by Crippen LogP contribution is -2.66. The number of allylic oxidation sites excluding steroid dienone is 1. The van der Waals surface area contributed by atoms with Gasteiger partial charge in [0.1, 0.15) is 24.4 Å². The number of carbonyl (C=O) groups is 3. The summed E-state index contributed by atoms with van der Waals surface area (Å²) in [5.41, 5.74) is -2.40. The number of anilines is 2. The average Bonchev–Trinajstić information content (AvgIpc) is 3.29. The molecule has 4 amide bonds. The Labute approximate surface area is 385 Å². The van der Waals surface area contributed by atoms with E-state index < -0.39 is 111 Å². The largest absolute Gasteiger partial charge is 0.416 e. The molecule has 0 saturated carbocycles. The molecule has 1 saturated heterocycles. The number of aldehydes is 1. The highest BCUT2D eigenvalue weighted by Crippen LogP contribution is 2.32. The Balaban J connectivity index is 1.98. The molecule has 1 heterocycles. The number of benzene rings is 2. The summed E-state index contributed by atoms with van der Waals surface area (Å²) in [4.78, 5) is 39.1. The maximum Gasteiger partial charge on any atom is 0.416 e. The first-order chi connectivity index (χ1) is 32.0.